The maximum Gasteiger partial charge on any atom is 0.305 e. The Balaban J connectivity index is 3.36. The van der Waals surface area contributed by atoms with Crippen molar-refractivity contribution in [2.75, 3.05) is 13.2 Å². The van der Waals surface area contributed by atoms with Gasteiger partial charge in [0.1, 0.15) is 0 Å². The second-order valence-corrected chi connectivity index (χ2v) is 22.8. The number of allylic oxidation sites excluding steroid dienone is 2. The zero-order chi connectivity index (χ0) is 52.2. The number of unbranched alkanes of at least 4 members (excludes halogenated alkanes) is 49. The summed E-state index contributed by atoms with van der Waals surface area (Å²) in [6.07, 6.45) is 75.3. The lowest BCUT2D eigenvalue weighted by molar-refractivity contribution is -0.143. The van der Waals surface area contributed by atoms with Crippen molar-refractivity contribution < 1.29 is 24.5 Å². The van der Waals surface area contributed by atoms with Gasteiger partial charge in [-0.1, -0.05) is 321 Å². The lowest BCUT2D eigenvalue weighted by Gasteiger charge is -2.22. The zero-order valence-corrected chi connectivity index (χ0v) is 48.9. The van der Waals surface area contributed by atoms with Gasteiger partial charge in [0.2, 0.25) is 5.91 Å². The van der Waals surface area contributed by atoms with Crippen molar-refractivity contribution in [1.82, 2.24) is 5.32 Å². The Bertz CT molecular complexity index is 1080. The van der Waals surface area contributed by atoms with Gasteiger partial charge in [-0.15, -0.1) is 0 Å². The summed E-state index contributed by atoms with van der Waals surface area (Å²) in [4.78, 5) is 24.5. The number of rotatable bonds is 62. The fraction of sp³-hybridized carbons (Fsp3) is 0.939. The molecule has 0 spiro atoms. The van der Waals surface area contributed by atoms with Crippen molar-refractivity contribution in [3.8, 4) is 0 Å². The van der Waals surface area contributed by atoms with E-state index in [0.29, 0.717) is 25.9 Å². The highest BCUT2D eigenvalue weighted by Crippen LogP contribution is 2.18. The van der Waals surface area contributed by atoms with E-state index >= 15 is 0 Å². The molecule has 2 atom stereocenters. The van der Waals surface area contributed by atoms with Crippen LogP contribution in [0, 0.1) is 0 Å². The van der Waals surface area contributed by atoms with Crippen molar-refractivity contribution in [1.29, 1.82) is 0 Å². The molecule has 0 aliphatic heterocycles. The Morgan fingerprint density at radius 1 is 0.375 bits per heavy atom. The van der Waals surface area contributed by atoms with Gasteiger partial charge in [-0.05, 0) is 51.4 Å². The molecule has 0 saturated heterocycles. The summed E-state index contributed by atoms with van der Waals surface area (Å²) >= 11 is 0. The minimum absolute atomic E-state index is 0.0181. The first-order chi connectivity index (χ1) is 35.5. The zero-order valence-electron chi connectivity index (χ0n) is 48.9. The highest BCUT2D eigenvalue weighted by Gasteiger charge is 2.20. The van der Waals surface area contributed by atoms with Crippen LogP contribution in [0.15, 0.2) is 12.2 Å². The third-order valence-corrected chi connectivity index (χ3v) is 15.6. The van der Waals surface area contributed by atoms with E-state index in [2.05, 4.69) is 31.3 Å². The topological polar surface area (TPSA) is 95.9 Å². The number of hydrogen-bond acceptors (Lipinski definition) is 5. The third-order valence-electron chi connectivity index (χ3n) is 15.6. The Morgan fingerprint density at radius 2 is 0.653 bits per heavy atom. The van der Waals surface area contributed by atoms with Gasteiger partial charge in [0.25, 0.3) is 0 Å². The van der Waals surface area contributed by atoms with E-state index < -0.39 is 12.1 Å². The maximum absolute atomic E-state index is 12.5. The van der Waals surface area contributed by atoms with Crippen LogP contribution in [0.3, 0.4) is 0 Å². The molecule has 0 heterocycles. The highest BCUT2D eigenvalue weighted by molar-refractivity contribution is 5.76. The van der Waals surface area contributed by atoms with Crippen molar-refractivity contribution in [3.05, 3.63) is 12.2 Å². The number of carbonyl (C=O) groups excluding carboxylic acids is 2. The number of nitrogens with one attached hydrogen (secondary N) is 1. The number of hydrogen-bond donors (Lipinski definition) is 3. The van der Waals surface area contributed by atoms with Crippen molar-refractivity contribution in [2.24, 2.45) is 0 Å². The predicted molar refractivity (Wildman–Crippen MR) is 315 cm³/mol. The van der Waals surface area contributed by atoms with Gasteiger partial charge in [0, 0.05) is 12.8 Å². The second-order valence-electron chi connectivity index (χ2n) is 22.8. The molecule has 72 heavy (non-hydrogen) atoms. The molecule has 1 amide bonds. The summed E-state index contributed by atoms with van der Waals surface area (Å²) in [5.74, 6) is -0.0144. The number of ether oxygens (including phenoxy) is 1. The van der Waals surface area contributed by atoms with Gasteiger partial charge in [-0.3, -0.25) is 9.59 Å². The van der Waals surface area contributed by atoms with Gasteiger partial charge >= 0.3 is 5.97 Å². The fourth-order valence-electron chi connectivity index (χ4n) is 10.5. The van der Waals surface area contributed by atoms with E-state index in [1.165, 1.54) is 302 Å². The Labute approximate surface area is 450 Å². The molecule has 6 nitrogen and oxygen atoms in total. The molecule has 0 aliphatic rings. The molecule has 0 bridgehead atoms. The van der Waals surface area contributed by atoms with Crippen molar-refractivity contribution in [3.63, 3.8) is 0 Å². The van der Waals surface area contributed by atoms with E-state index in [0.717, 1.165) is 38.5 Å². The van der Waals surface area contributed by atoms with Crippen molar-refractivity contribution in [2.45, 2.75) is 386 Å². The van der Waals surface area contributed by atoms with Gasteiger partial charge in [0.05, 0.1) is 25.4 Å². The Kier molecular flexibility index (Phi) is 60.9. The summed E-state index contributed by atoms with van der Waals surface area (Å²) < 4.78 is 5.48. The van der Waals surface area contributed by atoms with E-state index in [4.69, 9.17) is 4.74 Å². The molecular formula is C66H129NO5. The van der Waals surface area contributed by atoms with Crippen LogP contribution < -0.4 is 5.32 Å². The van der Waals surface area contributed by atoms with E-state index in [-0.39, 0.29) is 18.5 Å². The van der Waals surface area contributed by atoms with Crippen LogP contribution in [-0.2, 0) is 14.3 Å². The summed E-state index contributed by atoms with van der Waals surface area (Å²) in [5, 5.41) is 23.3. The molecule has 0 aliphatic carbocycles. The van der Waals surface area contributed by atoms with Crippen molar-refractivity contribution >= 4 is 11.9 Å². The Morgan fingerprint density at radius 3 is 0.986 bits per heavy atom. The van der Waals surface area contributed by atoms with Crippen LogP contribution >= 0.6 is 0 Å². The van der Waals surface area contributed by atoms with E-state index in [1.807, 2.05) is 0 Å². The molecule has 428 valence electrons. The normalized spacial score (nSPS) is 12.6. The van der Waals surface area contributed by atoms with Crippen LogP contribution in [0.4, 0.5) is 0 Å². The van der Waals surface area contributed by atoms with Gasteiger partial charge in [-0.25, -0.2) is 0 Å². The van der Waals surface area contributed by atoms with Crippen LogP contribution in [0.2, 0.25) is 0 Å². The first-order valence-corrected chi connectivity index (χ1v) is 32.9. The minimum Gasteiger partial charge on any atom is -0.466 e. The molecular weight excluding hydrogens is 887 g/mol. The van der Waals surface area contributed by atoms with Gasteiger partial charge in [-0.2, -0.15) is 0 Å². The number of carbonyl (C=O) groups is 2. The molecule has 0 aromatic heterocycles. The summed E-state index contributed by atoms with van der Waals surface area (Å²) in [6, 6.07) is -0.540. The molecule has 0 aromatic carbocycles. The lowest BCUT2D eigenvalue weighted by atomic mass is 10.0. The standard InChI is InChI=1S/C66H129NO5/c1-3-5-7-9-11-13-15-17-35-38-42-46-50-54-58-64(69)63(62-68)67-65(70)59-55-51-47-43-39-36-32-30-28-26-24-22-20-18-19-21-23-25-27-29-31-33-37-41-45-49-53-57-61-72-66(71)60-56-52-48-44-40-34-16-14-12-10-8-6-4-2/h18-19,63-64,68-69H,3-17,20-62H2,1-2H3,(H,67,70)/b19-18-. The molecule has 3 N–H and O–H groups in total. The molecule has 2 unspecified atom stereocenters. The second kappa shape index (κ2) is 62.1. The highest BCUT2D eigenvalue weighted by atomic mass is 16.5. The monoisotopic (exact) mass is 1020 g/mol. The van der Waals surface area contributed by atoms with Crippen LogP contribution in [-0.4, -0.2) is 47.4 Å². The molecule has 0 radical (unpaired) electrons. The minimum atomic E-state index is -0.663. The summed E-state index contributed by atoms with van der Waals surface area (Å²) in [6.45, 7) is 4.98. The first kappa shape index (κ1) is 70.6. The number of amides is 1. The average molecular weight is 1020 g/mol. The predicted octanol–water partition coefficient (Wildman–Crippen LogP) is 20.8. The van der Waals surface area contributed by atoms with Crippen LogP contribution in [0.1, 0.15) is 373 Å². The lowest BCUT2D eigenvalue weighted by Crippen LogP contribution is -2.45. The fourth-order valence-corrected chi connectivity index (χ4v) is 10.5. The van der Waals surface area contributed by atoms with Gasteiger partial charge in [0.15, 0.2) is 0 Å². The molecule has 0 rings (SSSR count). The van der Waals surface area contributed by atoms with E-state index in [9.17, 15) is 19.8 Å². The van der Waals surface area contributed by atoms with E-state index in [1.54, 1.807) is 0 Å². The molecule has 6 heteroatoms. The number of esters is 1. The molecule has 0 saturated carbocycles. The molecule has 0 aromatic rings. The largest absolute Gasteiger partial charge is 0.466 e. The maximum atomic E-state index is 12.5. The number of aliphatic hydroxyl groups is 2. The van der Waals surface area contributed by atoms with Crippen LogP contribution in [0.5, 0.6) is 0 Å². The summed E-state index contributed by atoms with van der Waals surface area (Å²) in [5.41, 5.74) is 0. The average Bonchev–Trinajstić information content (AvgIpc) is 3.38. The summed E-state index contributed by atoms with van der Waals surface area (Å²) in [7, 11) is 0. The third kappa shape index (κ3) is 57.9. The number of aliphatic hydroxyl groups excluding tert-OH is 2. The Hall–Kier alpha value is -1.40. The SMILES string of the molecule is CCCCCCCCCCCCCCCCC(O)C(CO)NC(=O)CCCCCCCCCCCCCC/C=C\CCCCCCCCCCCCCCOC(=O)CCCCCCCCCCCCCCC. The van der Waals surface area contributed by atoms with Gasteiger partial charge < -0.3 is 20.3 Å². The van der Waals surface area contributed by atoms with Crippen LogP contribution in [0.25, 0.3) is 0 Å². The quantitative estimate of drug-likeness (QED) is 0.0320. The first-order valence-electron chi connectivity index (χ1n) is 32.9. The molecule has 0 fully saturated rings. The smallest absolute Gasteiger partial charge is 0.305 e.